The highest BCUT2D eigenvalue weighted by Crippen LogP contribution is 2.22. The number of carbonyl (C=O) groups excluding carboxylic acids is 1. The number of hydrogen-bond acceptors (Lipinski definition) is 4. The molecule has 2 aromatic rings. The minimum atomic E-state index is 0.113. The molecule has 1 aromatic carbocycles. The van der Waals surface area contributed by atoms with Gasteiger partial charge in [0.15, 0.2) is 0 Å². The van der Waals surface area contributed by atoms with E-state index < -0.39 is 0 Å². The van der Waals surface area contributed by atoms with Crippen LogP contribution in [0.25, 0.3) is 11.5 Å². The zero-order chi connectivity index (χ0) is 16.8. The molecule has 1 aliphatic carbocycles. The predicted molar refractivity (Wildman–Crippen MR) is 91.7 cm³/mol. The number of benzene rings is 1. The molecule has 5 nitrogen and oxygen atoms in total. The van der Waals surface area contributed by atoms with Gasteiger partial charge >= 0.3 is 0 Å². The van der Waals surface area contributed by atoms with Gasteiger partial charge < -0.3 is 14.5 Å². The number of nitrogens with one attached hydrogen (secondary N) is 1. The highest BCUT2D eigenvalue weighted by molar-refractivity contribution is 5.78. The first-order chi connectivity index (χ1) is 11.8. The van der Waals surface area contributed by atoms with Gasteiger partial charge in [-0.05, 0) is 43.5 Å². The summed E-state index contributed by atoms with van der Waals surface area (Å²) in [6.07, 6.45) is 9.31. The molecule has 24 heavy (non-hydrogen) atoms. The Balaban J connectivity index is 1.50. The molecule has 1 aromatic heterocycles. The normalized spacial score (nSPS) is 16.8. The molecule has 0 bridgehead atoms. The molecule has 126 valence electrons. The Kier molecular flexibility index (Phi) is 5.31. The Labute approximate surface area is 141 Å². The maximum atomic E-state index is 12.1. The molecular formula is C19H22N2O3. The van der Waals surface area contributed by atoms with Crippen LogP contribution in [0.5, 0.6) is 5.75 Å². The van der Waals surface area contributed by atoms with Gasteiger partial charge in [0.05, 0.1) is 12.8 Å². The van der Waals surface area contributed by atoms with Gasteiger partial charge in [0.25, 0.3) is 0 Å². The predicted octanol–water partition coefficient (Wildman–Crippen LogP) is 3.37. The minimum Gasteiger partial charge on any atom is -0.497 e. The highest BCUT2D eigenvalue weighted by atomic mass is 16.5. The van der Waals surface area contributed by atoms with Crippen molar-refractivity contribution in [3.05, 3.63) is 48.4 Å². The van der Waals surface area contributed by atoms with Crippen LogP contribution in [-0.2, 0) is 11.2 Å². The number of hydrogen-bond donors (Lipinski definition) is 1. The summed E-state index contributed by atoms with van der Waals surface area (Å²) in [5.74, 6) is 1.63. The van der Waals surface area contributed by atoms with Gasteiger partial charge in [0.2, 0.25) is 11.8 Å². The monoisotopic (exact) mass is 326 g/mol. The molecule has 3 rings (SSSR count). The minimum absolute atomic E-state index is 0.113. The molecule has 1 N–H and O–H groups in total. The molecule has 0 radical (unpaired) electrons. The fraction of sp³-hybridized carbons (Fsp3) is 0.368. The second-order valence-corrected chi connectivity index (χ2v) is 5.89. The van der Waals surface area contributed by atoms with Crippen molar-refractivity contribution in [1.82, 2.24) is 10.3 Å². The van der Waals surface area contributed by atoms with Crippen LogP contribution in [0.15, 0.2) is 47.1 Å². The molecular weight excluding hydrogens is 304 g/mol. The number of nitrogens with zero attached hydrogens (tertiary/aromatic N) is 1. The fourth-order valence-corrected chi connectivity index (χ4v) is 2.78. The molecule has 1 aliphatic rings. The molecule has 1 heterocycles. The molecule has 1 amide bonds. The molecule has 0 saturated carbocycles. The highest BCUT2D eigenvalue weighted by Gasteiger charge is 2.18. The Morgan fingerprint density at radius 2 is 2.17 bits per heavy atom. The van der Waals surface area contributed by atoms with Gasteiger partial charge in [-0.3, -0.25) is 4.79 Å². The van der Waals surface area contributed by atoms with E-state index in [0.29, 0.717) is 18.9 Å². The smallest absolute Gasteiger partial charge is 0.226 e. The van der Waals surface area contributed by atoms with Crippen LogP contribution in [0.4, 0.5) is 0 Å². The summed E-state index contributed by atoms with van der Waals surface area (Å²) in [6, 6.07) is 7.57. The molecule has 5 heteroatoms. The standard InChI is InChI=1S/C19H22N2O3/c1-23-17-9-7-15(8-10-17)19-21-16(13-24-19)11-12-20-18(22)14-5-3-2-4-6-14/h2-3,7-10,13-14H,4-6,11-12H2,1H3,(H,20,22)/t14-/m1/s1. The number of ether oxygens (including phenoxy) is 1. The van der Waals surface area contributed by atoms with E-state index in [-0.39, 0.29) is 11.8 Å². The molecule has 0 spiro atoms. The lowest BCUT2D eigenvalue weighted by Gasteiger charge is -2.16. The Hall–Kier alpha value is -2.56. The van der Waals surface area contributed by atoms with E-state index in [1.165, 1.54) is 0 Å². The third-order valence-corrected chi connectivity index (χ3v) is 4.21. The van der Waals surface area contributed by atoms with Gasteiger partial charge in [-0.2, -0.15) is 0 Å². The summed E-state index contributed by atoms with van der Waals surface area (Å²) in [6.45, 7) is 0.577. The Bertz CT molecular complexity index is 704. The van der Waals surface area contributed by atoms with Gasteiger partial charge in [-0.1, -0.05) is 12.2 Å². The van der Waals surface area contributed by atoms with E-state index in [1.807, 2.05) is 24.3 Å². The first kappa shape index (κ1) is 16.3. The molecule has 0 aliphatic heterocycles. The van der Waals surface area contributed by atoms with E-state index in [2.05, 4.69) is 22.5 Å². The summed E-state index contributed by atoms with van der Waals surface area (Å²) in [5.41, 5.74) is 1.74. The Morgan fingerprint density at radius 3 is 2.88 bits per heavy atom. The SMILES string of the molecule is COc1ccc(-c2nc(CCNC(=O)[C@@H]3CC=CCC3)co2)cc1. The van der Waals surface area contributed by atoms with Crippen molar-refractivity contribution in [2.75, 3.05) is 13.7 Å². The van der Waals surface area contributed by atoms with Crippen molar-refractivity contribution in [3.8, 4) is 17.2 Å². The maximum Gasteiger partial charge on any atom is 0.226 e. The average Bonchev–Trinajstić information content (AvgIpc) is 3.11. The maximum absolute atomic E-state index is 12.1. The second-order valence-electron chi connectivity index (χ2n) is 5.89. The zero-order valence-electron chi connectivity index (χ0n) is 13.8. The van der Waals surface area contributed by atoms with E-state index in [4.69, 9.17) is 9.15 Å². The topological polar surface area (TPSA) is 64.4 Å². The van der Waals surface area contributed by atoms with Crippen LogP contribution in [0.2, 0.25) is 0 Å². The van der Waals surface area contributed by atoms with Crippen molar-refractivity contribution in [2.45, 2.75) is 25.7 Å². The van der Waals surface area contributed by atoms with Crippen LogP contribution < -0.4 is 10.1 Å². The van der Waals surface area contributed by atoms with Gasteiger partial charge in [-0.15, -0.1) is 0 Å². The number of aromatic nitrogens is 1. The van der Waals surface area contributed by atoms with Crippen molar-refractivity contribution in [1.29, 1.82) is 0 Å². The van der Waals surface area contributed by atoms with E-state index >= 15 is 0 Å². The number of amides is 1. The van der Waals surface area contributed by atoms with E-state index in [9.17, 15) is 4.79 Å². The number of carbonyl (C=O) groups is 1. The first-order valence-corrected chi connectivity index (χ1v) is 8.28. The van der Waals surface area contributed by atoms with Gasteiger partial charge in [-0.25, -0.2) is 4.98 Å². The summed E-state index contributed by atoms with van der Waals surface area (Å²) in [5, 5.41) is 2.99. The largest absolute Gasteiger partial charge is 0.497 e. The Morgan fingerprint density at radius 1 is 1.33 bits per heavy atom. The van der Waals surface area contributed by atoms with E-state index in [1.54, 1.807) is 13.4 Å². The average molecular weight is 326 g/mol. The summed E-state index contributed by atoms with van der Waals surface area (Å²) < 4.78 is 10.7. The number of rotatable bonds is 6. The van der Waals surface area contributed by atoms with Crippen LogP contribution in [0, 0.1) is 5.92 Å². The quantitative estimate of drug-likeness (QED) is 0.827. The second kappa shape index (κ2) is 7.81. The summed E-state index contributed by atoms with van der Waals surface area (Å²) >= 11 is 0. The van der Waals surface area contributed by atoms with Crippen LogP contribution >= 0.6 is 0 Å². The lowest BCUT2D eigenvalue weighted by Crippen LogP contribution is -2.32. The number of oxazole rings is 1. The summed E-state index contributed by atoms with van der Waals surface area (Å²) in [4.78, 5) is 16.6. The number of allylic oxidation sites excluding steroid dienone is 2. The fourth-order valence-electron chi connectivity index (χ4n) is 2.78. The number of methoxy groups -OCH3 is 1. The van der Waals surface area contributed by atoms with Crippen molar-refractivity contribution in [2.24, 2.45) is 5.92 Å². The van der Waals surface area contributed by atoms with Crippen molar-refractivity contribution >= 4 is 5.91 Å². The van der Waals surface area contributed by atoms with Crippen LogP contribution in [0.3, 0.4) is 0 Å². The third-order valence-electron chi connectivity index (χ3n) is 4.21. The molecule has 0 fully saturated rings. The first-order valence-electron chi connectivity index (χ1n) is 8.28. The van der Waals surface area contributed by atoms with Gasteiger partial charge in [0, 0.05) is 24.4 Å². The lowest BCUT2D eigenvalue weighted by atomic mass is 9.94. The molecule has 0 saturated heterocycles. The molecule has 0 unspecified atom stereocenters. The van der Waals surface area contributed by atoms with Crippen molar-refractivity contribution < 1.29 is 13.9 Å². The van der Waals surface area contributed by atoms with Crippen molar-refractivity contribution in [3.63, 3.8) is 0 Å². The third kappa shape index (κ3) is 4.04. The lowest BCUT2D eigenvalue weighted by molar-refractivity contribution is -0.125. The zero-order valence-corrected chi connectivity index (χ0v) is 13.8. The summed E-state index contributed by atoms with van der Waals surface area (Å²) in [7, 11) is 1.64. The van der Waals surface area contributed by atoms with Gasteiger partial charge in [0.1, 0.15) is 12.0 Å². The van der Waals surface area contributed by atoms with E-state index in [0.717, 1.165) is 36.3 Å². The van der Waals surface area contributed by atoms with Crippen LogP contribution in [0.1, 0.15) is 25.0 Å². The van der Waals surface area contributed by atoms with Crippen LogP contribution in [-0.4, -0.2) is 24.5 Å². The molecule has 1 atom stereocenters.